The van der Waals surface area contributed by atoms with E-state index in [1.807, 2.05) is 48.5 Å². The molecule has 4 aromatic rings. The Bertz CT molecular complexity index is 1060. The first kappa shape index (κ1) is 20.1. The van der Waals surface area contributed by atoms with E-state index in [2.05, 4.69) is 60.9 Å². The van der Waals surface area contributed by atoms with E-state index in [0.717, 1.165) is 27.5 Å². The van der Waals surface area contributed by atoms with Crippen LogP contribution in [0.2, 0.25) is 0 Å². The van der Waals surface area contributed by atoms with E-state index in [4.69, 9.17) is 9.47 Å². The van der Waals surface area contributed by atoms with Gasteiger partial charge in [0.15, 0.2) is 0 Å². The van der Waals surface area contributed by atoms with Crippen LogP contribution in [0.25, 0.3) is 11.1 Å². The van der Waals surface area contributed by atoms with Gasteiger partial charge in [0.1, 0.15) is 24.7 Å². The standard InChI is InChI=1S/C27H24O2S/c1-30-27-18-24(14-17-26(27)29-20-22-10-6-3-7-11-22)23-12-15-25(16-13-23)28-19-21-8-4-2-5-9-21/h2-18H,19-20H2,1H3. The monoisotopic (exact) mass is 412 g/mol. The molecule has 0 N–H and O–H groups in total. The molecule has 0 aliphatic heterocycles. The van der Waals surface area contributed by atoms with E-state index < -0.39 is 0 Å². The molecule has 0 aromatic heterocycles. The lowest BCUT2D eigenvalue weighted by Gasteiger charge is -2.13. The molecule has 4 rings (SSSR count). The van der Waals surface area contributed by atoms with Gasteiger partial charge in [0.2, 0.25) is 0 Å². The molecular formula is C27H24O2S. The first-order chi connectivity index (χ1) is 14.8. The largest absolute Gasteiger partial charge is 0.489 e. The van der Waals surface area contributed by atoms with Gasteiger partial charge >= 0.3 is 0 Å². The lowest BCUT2D eigenvalue weighted by atomic mass is 10.1. The zero-order chi connectivity index (χ0) is 20.6. The Kier molecular flexibility index (Phi) is 6.73. The highest BCUT2D eigenvalue weighted by atomic mass is 32.2. The van der Waals surface area contributed by atoms with E-state index in [1.165, 1.54) is 11.1 Å². The van der Waals surface area contributed by atoms with E-state index in [1.54, 1.807) is 11.8 Å². The number of hydrogen-bond donors (Lipinski definition) is 0. The molecule has 0 aliphatic rings. The van der Waals surface area contributed by atoms with Crippen molar-refractivity contribution in [2.45, 2.75) is 18.1 Å². The highest BCUT2D eigenvalue weighted by Crippen LogP contribution is 2.33. The number of ether oxygens (including phenoxy) is 2. The molecule has 3 heteroatoms. The van der Waals surface area contributed by atoms with Crippen molar-refractivity contribution in [3.63, 3.8) is 0 Å². The zero-order valence-corrected chi connectivity index (χ0v) is 17.8. The molecule has 0 unspecified atom stereocenters. The molecule has 0 aliphatic carbocycles. The minimum atomic E-state index is 0.571. The van der Waals surface area contributed by atoms with Crippen LogP contribution in [0.4, 0.5) is 0 Å². The van der Waals surface area contributed by atoms with Crippen molar-refractivity contribution >= 4 is 11.8 Å². The minimum absolute atomic E-state index is 0.571. The van der Waals surface area contributed by atoms with Gasteiger partial charge < -0.3 is 9.47 Å². The van der Waals surface area contributed by atoms with Gasteiger partial charge in [0, 0.05) is 4.90 Å². The normalized spacial score (nSPS) is 10.6. The summed E-state index contributed by atoms with van der Waals surface area (Å²) in [5.74, 6) is 1.79. The second-order valence-electron chi connectivity index (χ2n) is 6.94. The zero-order valence-electron chi connectivity index (χ0n) is 17.0. The minimum Gasteiger partial charge on any atom is -0.489 e. The predicted octanol–water partition coefficient (Wildman–Crippen LogP) is 7.23. The van der Waals surface area contributed by atoms with Gasteiger partial charge in [-0.25, -0.2) is 0 Å². The first-order valence-corrected chi connectivity index (χ1v) is 11.2. The molecule has 4 aromatic carbocycles. The third kappa shape index (κ3) is 5.25. The number of rotatable bonds is 8. The average molecular weight is 413 g/mol. The fourth-order valence-corrected chi connectivity index (χ4v) is 3.76. The third-order valence-electron chi connectivity index (χ3n) is 4.84. The maximum Gasteiger partial charge on any atom is 0.133 e. The van der Waals surface area contributed by atoms with Crippen molar-refractivity contribution in [1.82, 2.24) is 0 Å². The third-order valence-corrected chi connectivity index (χ3v) is 5.60. The highest BCUT2D eigenvalue weighted by molar-refractivity contribution is 7.98. The summed E-state index contributed by atoms with van der Waals surface area (Å²) in [6, 6.07) is 35.0. The Hall–Kier alpha value is -3.17. The van der Waals surface area contributed by atoms with Crippen molar-refractivity contribution in [3.8, 4) is 22.6 Å². The highest BCUT2D eigenvalue weighted by Gasteiger charge is 2.07. The number of hydrogen-bond acceptors (Lipinski definition) is 3. The fraction of sp³-hybridized carbons (Fsp3) is 0.111. The quantitative estimate of drug-likeness (QED) is 0.284. The van der Waals surface area contributed by atoms with Gasteiger partial charge in [-0.05, 0) is 52.8 Å². The van der Waals surface area contributed by atoms with Crippen LogP contribution in [0, 0.1) is 0 Å². The fourth-order valence-electron chi connectivity index (χ4n) is 3.19. The van der Waals surface area contributed by atoms with Crippen LogP contribution in [-0.4, -0.2) is 6.26 Å². The Morgan fingerprint density at radius 2 is 1.17 bits per heavy atom. The van der Waals surface area contributed by atoms with Crippen molar-refractivity contribution in [2.24, 2.45) is 0 Å². The smallest absolute Gasteiger partial charge is 0.133 e. The topological polar surface area (TPSA) is 18.5 Å². The summed E-state index contributed by atoms with van der Waals surface area (Å²) >= 11 is 1.70. The Balaban J connectivity index is 1.43. The molecular weight excluding hydrogens is 388 g/mol. The van der Waals surface area contributed by atoms with Crippen molar-refractivity contribution < 1.29 is 9.47 Å². The molecule has 0 atom stereocenters. The van der Waals surface area contributed by atoms with Crippen molar-refractivity contribution in [2.75, 3.05) is 6.26 Å². The predicted molar refractivity (Wildman–Crippen MR) is 125 cm³/mol. The second-order valence-corrected chi connectivity index (χ2v) is 7.79. The molecule has 0 saturated carbocycles. The number of thioether (sulfide) groups is 1. The van der Waals surface area contributed by atoms with Crippen LogP contribution in [-0.2, 0) is 13.2 Å². The first-order valence-electron chi connectivity index (χ1n) is 9.94. The Labute approximate surface area is 182 Å². The van der Waals surface area contributed by atoms with Crippen LogP contribution in [0.3, 0.4) is 0 Å². The lowest BCUT2D eigenvalue weighted by molar-refractivity contribution is 0.299. The summed E-state index contributed by atoms with van der Waals surface area (Å²) in [6.45, 7) is 1.14. The maximum absolute atomic E-state index is 6.06. The van der Waals surface area contributed by atoms with Crippen LogP contribution < -0.4 is 9.47 Å². The molecule has 0 saturated heterocycles. The summed E-state index contributed by atoms with van der Waals surface area (Å²) in [6.07, 6.45) is 2.08. The molecule has 150 valence electrons. The van der Waals surface area contributed by atoms with Gasteiger partial charge in [-0.15, -0.1) is 11.8 Å². The van der Waals surface area contributed by atoms with Gasteiger partial charge in [-0.1, -0.05) is 78.9 Å². The van der Waals surface area contributed by atoms with Gasteiger partial charge in [0.25, 0.3) is 0 Å². The molecule has 0 heterocycles. The van der Waals surface area contributed by atoms with Crippen molar-refractivity contribution in [3.05, 3.63) is 114 Å². The molecule has 0 fully saturated rings. The Morgan fingerprint density at radius 3 is 1.77 bits per heavy atom. The molecule has 0 spiro atoms. The summed E-state index contributed by atoms with van der Waals surface area (Å²) in [7, 11) is 0. The van der Waals surface area contributed by atoms with Crippen molar-refractivity contribution in [1.29, 1.82) is 0 Å². The lowest BCUT2D eigenvalue weighted by Crippen LogP contribution is -1.96. The van der Waals surface area contributed by atoms with Crippen LogP contribution in [0.5, 0.6) is 11.5 Å². The Morgan fingerprint density at radius 1 is 0.600 bits per heavy atom. The molecule has 30 heavy (non-hydrogen) atoms. The summed E-state index contributed by atoms with van der Waals surface area (Å²) < 4.78 is 12.0. The molecule has 2 nitrogen and oxygen atoms in total. The van der Waals surface area contributed by atoms with Crippen LogP contribution in [0.15, 0.2) is 108 Å². The van der Waals surface area contributed by atoms with Crippen LogP contribution >= 0.6 is 11.8 Å². The van der Waals surface area contributed by atoms with Gasteiger partial charge in [0.05, 0.1) is 0 Å². The molecule has 0 bridgehead atoms. The van der Waals surface area contributed by atoms with E-state index in [0.29, 0.717) is 13.2 Å². The summed E-state index contributed by atoms with van der Waals surface area (Å²) in [5, 5.41) is 0. The van der Waals surface area contributed by atoms with Gasteiger partial charge in [-0.2, -0.15) is 0 Å². The van der Waals surface area contributed by atoms with Gasteiger partial charge in [-0.3, -0.25) is 0 Å². The van der Waals surface area contributed by atoms with E-state index >= 15 is 0 Å². The maximum atomic E-state index is 6.06. The van der Waals surface area contributed by atoms with Crippen LogP contribution in [0.1, 0.15) is 11.1 Å². The van der Waals surface area contributed by atoms with E-state index in [-0.39, 0.29) is 0 Å². The SMILES string of the molecule is CSc1cc(-c2ccc(OCc3ccccc3)cc2)ccc1OCc1ccccc1. The van der Waals surface area contributed by atoms with E-state index in [9.17, 15) is 0 Å². The summed E-state index contributed by atoms with van der Waals surface area (Å²) in [4.78, 5) is 1.13. The second kappa shape index (κ2) is 10.0. The molecule has 0 radical (unpaired) electrons. The number of benzene rings is 4. The summed E-state index contributed by atoms with van der Waals surface area (Å²) in [5.41, 5.74) is 4.66. The molecule has 0 amide bonds. The average Bonchev–Trinajstić information content (AvgIpc) is 2.83.